The number of benzene rings is 3. The van der Waals surface area contributed by atoms with Gasteiger partial charge in [-0.15, -0.1) is 5.10 Å². The predicted molar refractivity (Wildman–Crippen MR) is 99.7 cm³/mol. The zero-order valence-corrected chi connectivity index (χ0v) is 14.3. The maximum absolute atomic E-state index is 4.82. The van der Waals surface area contributed by atoms with E-state index >= 15 is 0 Å². The van der Waals surface area contributed by atoms with Crippen LogP contribution in [0.3, 0.4) is 0 Å². The van der Waals surface area contributed by atoms with Crippen LogP contribution in [0.4, 0.5) is 5.69 Å². The number of hydrogen-bond acceptors (Lipinski definition) is 3. The van der Waals surface area contributed by atoms with Gasteiger partial charge in [0, 0.05) is 10.0 Å². The van der Waals surface area contributed by atoms with Gasteiger partial charge in [0.2, 0.25) is 0 Å². The van der Waals surface area contributed by atoms with Crippen molar-refractivity contribution in [3.8, 4) is 0 Å². The van der Waals surface area contributed by atoms with Gasteiger partial charge in [0.15, 0.2) is 5.84 Å². The highest BCUT2D eigenvalue weighted by molar-refractivity contribution is 9.10. The van der Waals surface area contributed by atoms with Crippen molar-refractivity contribution in [1.82, 2.24) is 15.0 Å². The number of para-hydroxylation sites is 1. The lowest BCUT2D eigenvalue weighted by Crippen LogP contribution is -2.15. The summed E-state index contributed by atoms with van der Waals surface area (Å²) in [4.78, 5) is 4.82. The van der Waals surface area contributed by atoms with Gasteiger partial charge in [-0.1, -0.05) is 63.6 Å². The van der Waals surface area contributed by atoms with Crippen LogP contribution in [-0.4, -0.2) is 20.8 Å². The van der Waals surface area contributed by atoms with Gasteiger partial charge in [-0.2, -0.15) is 4.68 Å². The van der Waals surface area contributed by atoms with E-state index in [1.807, 2.05) is 78.9 Å². The zero-order chi connectivity index (χ0) is 16.4. The Morgan fingerprint density at radius 3 is 2.33 bits per heavy atom. The van der Waals surface area contributed by atoms with Crippen LogP contribution < -0.4 is 0 Å². The van der Waals surface area contributed by atoms with Crippen LogP contribution in [0.25, 0.3) is 11.0 Å². The molecule has 4 aromatic rings. The maximum Gasteiger partial charge on any atom is 0.163 e. The normalized spacial score (nSPS) is 11.8. The molecule has 3 aromatic carbocycles. The van der Waals surface area contributed by atoms with Crippen LogP contribution in [-0.2, 0) is 0 Å². The molecule has 1 aromatic heterocycles. The van der Waals surface area contributed by atoms with Gasteiger partial charge < -0.3 is 0 Å². The number of aliphatic imine (C=N–C) groups is 1. The molecule has 5 heteroatoms. The van der Waals surface area contributed by atoms with Crippen molar-refractivity contribution in [3.63, 3.8) is 0 Å². The highest BCUT2D eigenvalue weighted by Gasteiger charge is 2.12. The molecule has 1 heterocycles. The van der Waals surface area contributed by atoms with Crippen molar-refractivity contribution in [2.45, 2.75) is 0 Å². The predicted octanol–water partition coefficient (Wildman–Crippen LogP) is 4.82. The summed E-state index contributed by atoms with van der Waals surface area (Å²) in [6, 6.07) is 25.8. The highest BCUT2D eigenvalue weighted by atomic mass is 79.9. The topological polar surface area (TPSA) is 43.1 Å². The maximum atomic E-state index is 4.82. The fraction of sp³-hybridized carbons (Fsp3) is 0. The van der Waals surface area contributed by atoms with E-state index in [9.17, 15) is 0 Å². The third-order valence-electron chi connectivity index (χ3n) is 3.65. The molecule has 4 nitrogen and oxygen atoms in total. The van der Waals surface area contributed by atoms with E-state index in [2.05, 4.69) is 26.2 Å². The zero-order valence-electron chi connectivity index (χ0n) is 12.7. The largest absolute Gasteiger partial charge is 0.229 e. The number of halogens is 1. The van der Waals surface area contributed by atoms with E-state index in [4.69, 9.17) is 4.99 Å². The lowest BCUT2D eigenvalue weighted by molar-refractivity contribution is 0.861. The monoisotopic (exact) mass is 376 g/mol. The molecule has 0 radical (unpaired) electrons. The summed E-state index contributed by atoms with van der Waals surface area (Å²) in [5.74, 6) is 0.742. The smallest absolute Gasteiger partial charge is 0.163 e. The molecule has 0 aliphatic carbocycles. The third kappa shape index (κ3) is 2.86. The lowest BCUT2D eigenvalue weighted by Gasteiger charge is -2.08. The van der Waals surface area contributed by atoms with Crippen LogP contribution in [0.2, 0.25) is 0 Å². The SMILES string of the molecule is Brc1ccc(N=C(c2ccccc2)n2nnc3ccccc32)cc1. The molecule has 0 saturated heterocycles. The van der Waals surface area contributed by atoms with Crippen molar-refractivity contribution >= 4 is 38.5 Å². The van der Waals surface area contributed by atoms with E-state index in [-0.39, 0.29) is 0 Å². The summed E-state index contributed by atoms with van der Waals surface area (Å²) >= 11 is 3.45. The van der Waals surface area contributed by atoms with E-state index in [1.54, 1.807) is 4.68 Å². The second-order valence-electron chi connectivity index (χ2n) is 5.27. The van der Waals surface area contributed by atoms with Crippen LogP contribution in [0.15, 0.2) is 88.3 Å². The first kappa shape index (κ1) is 14.8. The van der Waals surface area contributed by atoms with Crippen molar-refractivity contribution in [2.24, 2.45) is 4.99 Å². The van der Waals surface area contributed by atoms with Gasteiger partial charge in [0.05, 0.1) is 11.2 Å². The van der Waals surface area contributed by atoms with Gasteiger partial charge in [0.1, 0.15) is 5.52 Å². The number of hydrogen-bond donors (Lipinski definition) is 0. The Morgan fingerprint density at radius 2 is 1.54 bits per heavy atom. The van der Waals surface area contributed by atoms with E-state index in [1.165, 1.54) is 0 Å². The molecule has 0 aliphatic heterocycles. The third-order valence-corrected chi connectivity index (χ3v) is 4.17. The van der Waals surface area contributed by atoms with Crippen molar-refractivity contribution in [2.75, 3.05) is 0 Å². The standard InChI is InChI=1S/C19H13BrN4/c20-15-10-12-16(13-11-15)21-19(14-6-2-1-3-7-14)24-18-9-5-4-8-17(18)22-23-24/h1-13H. The van der Waals surface area contributed by atoms with Crippen molar-refractivity contribution in [1.29, 1.82) is 0 Å². The van der Waals surface area contributed by atoms with E-state index in [0.717, 1.165) is 32.6 Å². The minimum absolute atomic E-state index is 0.742. The first-order valence-electron chi connectivity index (χ1n) is 7.52. The molecule has 0 bridgehead atoms. The Kier molecular flexibility index (Phi) is 3.92. The molecule has 0 atom stereocenters. The molecule has 0 spiro atoms. The minimum atomic E-state index is 0.742. The highest BCUT2D eigenvalue weighted by Crippen LogP contribution is 2.20. The molecule has 24 heavy (non-hydrogen) atoms. The van der Waals surface area contributed by atoms with Gasteiger partial charge in [-0.3, -0.25) is 0 Å². The molecule has 0 saturated carbocycles. The molecule has 0 fully saturated rings. The van der Waals surface area contributed by atoms with Crippen molar-refractivity contribution < 1.29 is 0 Å². The number of nitrogens with zero attached hydrogens (tertiary/aromatic N) is 4. The van der Waals surface area contributed by atoms with Crippen LogP contribution >= 0.6 is 15.9 Å². The molecule has 4 rings (SSSR count). The van der Waals surface area contributed by atoms with E-state index < -0.39 is 0 Å². The second-order valence-corrected chi connectivity index (χ2v) is 6.18. The van der Waals surface area contributed by atoms with Gasteiger partial charge in [0.25, 0.3) is 0 Å². The molecule has 0 amide bonds. The lowest BCUT2D eigenvalue weighted by atomic mass is 10.2. The fourth-order valence-electron chi connectivity index (χ4n) is 2.48. The fourth-order valence-corrected chi connectivity index (χ4v) is 2.75. The van der Waals surface area contributed by atoms with Crippen LogP contribution in [0.5, 0.6) is 0 Å². The quantitative estimate of drug-likeness (QED) is 0.371. The Bertz CT molecular complexity index is 1000. The second kappa shape index (κ2) is 6.37. The van der Waals surface area contributed by atoms with Gasteiger partial charge in [-0.05, 0) is 36.4 Å². The molecular weight excluding hydrogens is 364 g/mol. The minimum Gasteiger partial charge on any atom is -0.229 e. The van der Waals surface area contributed by atoms with Crippen LogP contribution in [0, 0.1) is 0 Å². The number of rotatable bonds is 2. The summed E-state index contributed by atoms with van der Waals surface area (Å²) < 4.78 is 2.81. The van der Waals surface area contributed by atoms with Crippen LogP contribution in [0.1, 0.15) is 5.56 Å². The average Bonchev–Trinajstić information content (AvgIpc) is 3.06. The first-order chi connectivity index (χ1) is 11.8. The number of fused-ring (bicyclic) bond motifs is 1. The Morgan fingerprint density at radius 1 is 0.833 bits per heavy atom. The molecular formula is C19H13BrN4. The Balaban J connectivity index is 1.92. The molecule has 0 unspecified atom stereocenters. The molecule has 0 aliphatic rings. The average molecular weight is 377 g/mol. The Labute approximate surface area is 147 Å². The molecule has 0 N–H and O–H groups in total. The Hall–Kier alpha value is -2.79. The summed E-state index contributed by atoms with van der Waals surface area (Å²) in [7, 11) is 0. The first-order valence-corrected chi connectivity index (χ1v) is 8.31. The number of aromatic nitrogens is 3. The summed E-state index contributed by atoms with van der Waals surface area (Å²) in [6.07, 6.45) is 0. The summed E-state index contributed by atoms with van der Waals surface area (Å²) in [6.45, 7) is 0. The van der Waals surface area contributed by atoms with E-state index in [0.29, 0.717) is 0 Å². The van der Waals surface area contributed by atoms with Gasteiger partial charge in [-0.25, -0.2) is 4.99 Å². The van der Waals surface area contributed by atoms with Gasteiger partial charge >= 0.3 is 0 Å². The molecule has 116 valence electrons. The summed E-state index contributed by atoms with van der Waals surface area (Å²) in [5.41, 5.74) is 3.61. The van der Waals surface area contributed by atoms with Crippen molar-refractivity contribution in [3.05, 3.63) is 88.9 Å². The summed E-state index contributed by atoms with van der Waals surface area (Å²) in [5, 5.41) is 8.56.